The molecule has 0 radical (unpaired) electrons. The number of nitrogens with zero attached hydrogens (tertiary/aromatic N) is 3. The van der Waals surface area contributed by atoms with Gasteiger partial charge in [-0.2, -0.15) is 0 Å². The topological polar surface area (TPSA) is 71.3 Å². The van der Waals surface area contributed by atoms with Crippen LogP contribution in [0.3, 0.4) is 0 Å². The van der Waals surface area contributed by atoms with Gasteiger partial charge in [0.2, 0.25) is 5.82 Å². The summed E-state index contributed by atoms with van der Waals surface area (Å²) in [6.07, 6.45) is 1.09. The van der Waals surface area contributed by atoms with Crippen molar-refractivity contribution in [2.45, 2.75) is 13.3 Å². The Kier molecular flexibility index (Phi) is 3.10. The maximum Gasteiger partial charge on any atom is 0.311 e. The van der Waals surface area contributed by atoms with Gasteiger partial charge in [-0.3, -0.25) is 10.1 Å². The van der Waals surface area contributed by atoms with Crippen molar-refractivity contribution in [3.63, 3.8) is 0 Å². The van der Waals surface area contributed by atoms with Crippen molar-refractivity contribution in [2.24, 2.45) is 11.8 Å². The molecule has 6 heteroatoms. The Bertz CT molecular complexity index is 505. The number of nitro groups is 1. The van der Waals surface area contributed by atoms with E-state index in [4.69, 9.17) is 0 Å². The van der Waals surface area contributed by atoms with Crippen molar-refractivity contribution in [2.75, 3.05) is 31.1 Å². The second kappa shape index (κ2) is 4.77. The summed E-state index contributed by atoms with van der Waals surface area (Å²) in [4.78, 5) is 17.3. The minimum atomic E-state index is -0.333. The van der Waals surface area contributed by atoms with E-state index in [1.807, 2.05) is 6.92 Å². The van der Waals surface area contributed by atoms with Crippen LogP contribution >= 0.6 is 0 Å². The highest BCUT2D eigenvalue weighted by Gasteiger charge is 2.35. The zero-order valence-electron chi connectivity index (χ0n) is 11.0. The molecule has 6 nitrogen and oxygen atoms in total. The average Bonchev–Trinajstić information content (AvgIpc) is 2.85. The molecule has 1 aromatic heterocycles. The first kappa shape index (κ1) is 12.3. The van der Waals surface area contributed by atoms with Crippen LogP contribution in [0.1, 0.15) is 12.1 Å². The van der Waals surface area contributed by atoms with Crippen LogP contribution in [0.2, 0.25) is 0 Å². The van der Waals surface area contributed by atoms with E-state index in [0.717, 1.165) is 44.2 Å². The van der Waals surface area contributed by atoms with E-state index in [-0.39, 0.29) is 10.6 Å². The summed E-state index contributed by atoms with van der Waals surface area (Å²) >= 11 is 0. The summed E-state index contributed by atoms with van der Waals surface area (Å²) in [6.45, 7) is 5.70. The Labute approximate surface area is 112 Å². The number of rotatable bonds is 2. The molecule has 0 spiro atoms. The van der Waals surface area contributed by atoms with Gasteiger partial charge in [0.15, 0.2) is 0 Å². The molecule has 2 saturated heterocycles. The Morgan fingerprint density at radius 1 is 1.42 bits per heavy atom. The summed E-state index contributed by atoms with van der Waals surface area (Å²) in [5, 5.41) is 14.5. The minimum Gasteiger partial charge on any atom is -0.351 e. The molecule has 3 heterocycles. The predicted molar refractivity (Wildman–Crippen MR) is 72.3 cm³/mol. The standard InChI is InChI=1S/C13H18N4O2/c1-9-2-3-12(17(18)19)13(15-9)16-5-4-10-6-14-7-11(10)8-16/h2-3,10-11,14H,4-8H2,1H3. The first-order valence-corrected chi connectivity index (χ1v) is 6.73. The molecule has 2 fully saturated rings. The fraction of sp³-hybridized carbons (Fsp3) is 0.615. The van der Waals surface area contributed by atoms with E-state index in [2.05, 4.69) is 15.2 Å². The van der Waals surface area contributed by atoms with Crippen LogP contribution in [0.25, 0.3) is 0 Å². The molecule has 0 aromatic carbocycles. The van der Waals surface area contributed by atoms with E-state index < -0.39 is 0 Å². The largest absolute Gasteiger partial charge is 0.351 e. The molecule has 102 valence electrons. The number of anilines is 1. The van der Waals surface area contributed by atoms with Crippen LogP contribution in [0, 0.1) is 28.9 Å². The number of aromatic nitrogens is 1. The SMILES string of the molecule is Cc1ccc([N+](=O)[O-])c(N2CCC3CNCC3C2)n1. The molecule has 2 aliphatic rings. The monoisotopic (exact) mass is 262 g/mol. The molecule has 2 unspecified atom stereocenters. The highest BCUT2D eigenvalue weighted by molar-refractivity contribution is 5.58. The third kappa shape index (κ3) is 2.28. The second-order valence-electron chi connectivity index (χ2n) is 5.47. The smallest absolute Gasteiger partial charge is 0.311 e. The molecule has 0 bridgehead atoms. The lowest BCUT2D eigenvalue weighted by Crippen LogP contribution is -2.40. The zero-order valence-corrected chi connectivity index (χ0v) is 11.0. The molecule has 0 saturated carbocycles. The van der Waals surface area contributed by atoms with E-state index in [0.29, 0.717) is 11.7 Å². The Morgan fingerprint density at radius 3 is 3.00 bits per heavy atom. The summed E-state index contributed by atoms with van der Waals surface area (Å²) in [6, 6.07) is 3.27. The van der Waals surface area contributed by atoms with Crippen LogP contribution in [0.15, 0.2) is 12.1 Å². The molecule has 19 heavy (non-hydrogen) atoms. The van der Waals surface area contributed by atoms with Gasteiger partial charge >= 0.3 is 5.69 Å². The van der Waals surface area contributed by atoms with Gasteiger partial charge in [0, 0.05) is 24.8 Å². The number of fused-ring (bicyclic) bond motifs is 1. The summed E-state index contributed by atoms with van der Waals surface area (Å²) in [5.41, 5.74) is 0.947. The zero-order chi connectivity index (χ0) is 13.4. The third-order valence-electron chi connectivity index (χ3n) is 4.19. The number of hydrogen-bond acceptors (Lipinski definition) is 5. The number of nitrogens with one attached hydrogen (secondary N) is 1. The fourth-order valence-corrected chi connectivity index (χ4v) is 3.14. The molecule has 2 atom stereocenters. The molecule has 1 N–H and O–H groups in total. The normalized spacial score (nSPS) is 26.3. The third-order valence-corrected chi connectivity index (χ3v) is 4.19. The molecule has 3 rings (SSSR count). The highest BCUT2D eigenvalue weighted by atomic mass is 16.6. The molecular formula is C13H18N4O2. The molecule has 0 aliphatic carbocycles. The molecular weight excluding hydrogens is 244 g/mol. The van der Waals surface area contributed by atoms with Gasteiger partial charge in [-0.05, 0) is 44.3 Å². The van der Waals surface area contributed by atoms with E-state index in [9.17, 15) is 10.1 Å². The maximum atomic E-state index is 11.1. The van der Waals surface area contributed by atoms with E-state index in [1.54, 1.807) is 12.1 Å². The van der Waals surface area contributed by atoms with Crippen LogP contribution in [0.5, 0.6) is 0 Å². The first-order chi connectivity index (χ1) is 9.15. The van der Waals surface area contributed by atoms with Crippen molar-refractivity contribution in [1.82, 2.24) is 10.3 Å². The number of piperidine rings is 1. The van der Waals surface area contributed by atoms with Crippen molar-refractivity contribution < 1.29 is 4.92 Å². The minimum absolute atomic E-state index is 0.120. The summed E-state index contributed by atoms with van der Waals surface area (Å²) in [5.74, 6) is 1.85. The van der Waals surface area contributed by atoms with Gasteiger partial charge in [0.05, 0.1) is 4.92 Å². The molecule has 2 aliphatic heterocycles. The van der Waals surface area contributed by atoms with Crippen molar-refractivity contribution in [3.05, 3.63) is 27.9 Å². The second-order valence-corrected chi connectivity index (χ2v) is 5.47. The van der Waals surface area contributed by atoms with Gasteiger partial charge in [0.1, 0.15) is 0 Å². The van der Waals surface area contributed by atoms with Crippen molar-refractivity contribution >= 4 is 11.5 Å². The van der Waals surface area contributed by atoms with Gasteiger partial charge in [0.25, 0.3) is 0 Å². The maximum absolute atomic E-state index is 11.1. The number of hydrogen-bond donors (Lipinski definition) is 1. The quantitative estimate of drug-likeness (QED) is 0.643. The Hall–Kier alpha value is -1.69. The molecule has 1 aromatic rings. The van der Waals surface area contributed by atoms with Crippen LogP contribution in [0.4, 0.5) is 11.5 Å². The lowest BCUT2D eigenvalue weighted by atomic mass is 9.88. The Morgan fingerprint density at radius 2 is 2.21 bits per heavy atom. The summed E-state index contributed by atoms with van der Waals surface area (Å²) in [7, 11) is 0. The van der Waals surface area contributed by atoms with Crippen LogP contribution in [-0.4, -0.2) is 36.1 Å². The predicted octanol–water partition coefficient (Wildman–Crippen LogP) is 1.34. The number of aryl methyl sites for hydroxylation is 1. The number of pyridine rings is 1. The van der Waals surface area contributed by atoms with Gasteiger partial charge in [-0.15, -0.1) is 0 Å². The summed E-state index contributed by atoms with van der Waals surface area (Å²) < 4.78 is 0. The van der Waals surface area contributed by atoms with Crippen molar-refractivity contribution in [3.8, 4) is 0 Å². The van der Waals surface area contributed by atoms with Crippen LogP contribution < -0.4 is 10.2 Å². The molecule has 0 amide bonds. The van der Waals surface area contributed by atoms with Gasteiger partial charge < -0.3 is 10.2 Å². The van der Waals surface area contributed by atoms with E-state index >= 15 is 0 Å². The highest BCUT2D eigenvalue weighted by Crippen LogP contribution is 2.33. The van der Waals surface area contributed by atoms with Gasteiger partial charge in [-0.1, -0.05) is 0 Å². The lowest BCUT2D eigenvalue weighted by Gasteiger charge is -2.34. The first-order valence-electron chi connectivity index (χ1n) is 6.73. The van der Waals surface area contributed by atoms with Crippen LogP contribution in [-0.2, 0) is 0 Å². The Balaban J connectivity index is 1.89. The fourth-order valence-electron chi connectivity index (χ4n) is 3.14. The van der Waals surface area contributed by atoms with Crippen molar-refractivity contribution in [1.29, 1.82) is 0 Å². The average molecular weight is 262 g/mol. The lowest BCUT2D eigenvalue weighted by molar-refractivity contribution is -0.384. The van der Waals surface area contributed by atoms with Gasteiger partial charge in [-0.25, -0.2) is 4.98 Å². The van der Waals surface area contributed by atoms with E-state index in [1.165, 1.54) is 0 Å².